The van der Waals surface area contributed by atoms with Gasteiger partial charge in [0, 0.05) is 19.7 Å². The Morgan fingerprint density at radius 1 is 1.39 bits per heavy atom. The summed E-state index contributed by atoms with van der Waals surface area (Å²) in [6.45, 7) is 3.10. The van der Waals surface area contributed by atoms with Crippen LogP contribution < -0.4 is 5.32 Å². The lowest BCUT2D eigenvalue weighted by Gasteiger charge is -2.17. The summed E-state index contributed by atoms with van der Waals surface area (Å²) in [7, 11) is 3.72. The van der Waals surface area contributed by atoms with Crippen LogP contribution in [-0.2, 0) is 20.5 Å². The van der Waals surface area contributed by atoms with Gasteiger partial charge in [-0.2, -0.15) is 9.90 Å². The zero-order valence-corrected chi connectivity index (χ0v) is 11.0. The minimum atomic E-state index is 0.168. The molecule has 18 heavy (non-hydrogen) atoms. The number of aromatic nitrogens is 6. The number of tetrazole rings is 1. The van der Waals surface area contributed by atoms with Gasteiger partial charge in [0.25, 0.3) is 0 Å². The van der Waals surface area contributed by atoms with Crippen molar-refractivity contribution in [2.45, 2.75) is 25.8 Å². The summed E-state index contributed by atoms with van der Waals surface area (Å²) in [5.74, 6) is 0.743. The molecule has 7 heteroatoms. The van der Waals surface area contributed by atoms with Crippen molar-refractivity contribution in [1.29, 1.82) is 0 Å². The van der Waals surface area contributed by atoms with E-state index in [2.05, 4.69) is 32.7 Å². The normalized spacial score (nSPS) is 12.8. The highest BCUT2D eigenvalue weighted by Gasteiger charge is 2.17. The van der Waals surface area contributed by atoms with Crippen LogP contribution in [0.15, 0.2) is 12.3 Å². The van der Waals surface area contributed by atoms with E-state index in [-0.39, 0.29) is 6.04 Å². The van der Waals surface area contributed by atoms with E-state index in [0.29, 0.717) is 6.42 Å². The lowest BCUT2D eigenvalue weighted by molar-refractivity contribution is 0.484. The van der Waals surface area contributed by atoms with E-state index in [1.807, 2.05) is 17.8 Å². The smallest absolute Gasteiger partial charge is 0.176 e. The van der Waals surface area contributed by atoms with Crippen molar-refractivity contribution < 1.29 is 0 Å². The molecule has 0 bridgehead atoms. The third kappa shape index (κ3) is 2.92. The average molecular weight is 249 g/mol. The van der Waals surface area contributed by atoms with Gasteiger partial charge in [0.15, 0.2) is 5.82 Å². The van der Waals surface area contributed by atoms with Crippen molar-refractivity contribution in [2.24, 2.45) is 14.1 Å². The SMILES string of the molecule is CCCNC(Cc1nnn(C)n1)c1ccnn1C. The molecule has 2 rings (SSSR count). The summed E-state index contributed by atoms with van der Waals surface area (Å²) in [5, 5.41) is 19.8. The van der Waals surface area contributed by atoms with Crippen LogP contribution in [0.25, 0.3) is 0 Å². The van der Waals surface area contributed by atoms with Crippen LogP contribution in [-0.4, -0.2) is 36.5 Å². The Morgan fingerprint density at radius 2 is 2.22 bits per heavy atom. The highest BCUT2D eigenvalue weighted by atomic mass is 15.6. The maximum atomic E-state index is 4.22. The Hall–Kier alpha value is -1.76. The van der Waals surface area contributed by atoms with Crippen molar-refractivity contribution in [3.8, 4) is 0 Å². The summed E-state index contributed by atoms with van der Waals surface area (Å²) in [4.78, 5) is 1.48. The predicted molar refractivity (Wildman–Crippen MR) is 66.7 cm³/mol. The van der Waals surface area contributed by atoms with Gasteiger partial charge in [0.2, 0.25) is 0 Å². The molecule has 0 aliphatic rings. The van der Waals surface area contributed by atoms with Gasteiger partial charge in [-0.3, -0.25) is 4.68 Å². The summed E-state index contributed by atoms with van der Waals surface area (Å²) < 4.78 is 1.88. The van der Waals surface area contributed by atoms with E-state index in [0.717, 1.165) is 24.5 Å². The number of nitrogens with zero attached hydrogens (tertiary/aromatic N) is 6. The van der Waals surface area contributed by atoms with E-state index < -0.39 is 0 Å². The molecule has 2 heterocycles. The largest absolute Gasteiger partial charge is 0.308 e. The number of nitrogens with one attached hydrogen (secondary N) is 1. The summed E-state index contributed by atoms with van der Waals surface area (Å²) in [5.41, 5.74) is 1.14. The van der Waals surface area contributed by atoms with Crippen LogP contribution in [0, 0.1) is 0 Å². The van der Waals surface area contributed by atoms with Crippen LogP contribution in [0.1, 0.15) is 30.9 Å². The van der Waals surface area contributed by atoms with Gasteiger partial charge in [-0.1, -0.05) is 6.92 Å². The first-order valence-corrected chi connectivity index (χ1v) is 6.15. The van der Waals surface area contributed by atoms with E-state index in [1.54, 1.807) is 13.2 Å². The Kier molecular flexibility index (Phi) is 4.03. The van der Waals surface area contributed by atoms with Gasteiger partial charge in [-0.15, -0.1) is 10.2 Å². The first-order valence-electron chi connectivity index (χ1n) is 6.15. The van der Waals surface area contributed by atoms with Crippen LogP contribution in [0.4, 0.5) is 0 Å². The van der Waals surface area contributed by atoms with Crippen LogP contribution in [0.2, 0.25) is 0 Å². The van der Waals surface area contributed by atoms with Crippen molar-refractivity contribution in [1.82, 2.24) is 35.3 Å². The molecule has 0 aliphatic heterocycles. The van der Waals surface area contributed by atoms with E-state index in [4.69, 9.17) is 0 Å². The zero-order chi connectivity index (χ0) is 13.0. The summed E-state index contributed by atoms with van der Waals surface area (Å²) >= 11 is 0. The molecule has 0 amide bonds. The van der Waals surface area contributed by atoms with E-state index in [9.17, 15) is 0 Å². The van der Waals surface area contributed by atoms with Gasteiger partial charge in [0.05, 0.1) is 18.8 Å². The van der Waals surface area contributed by atoms with Crippen molar-refractivity contribution in [3.05, 3.63) is 23.8 Å². The molecule has 7 nitrogen and oxygen atoms in total. The quantitative estimate of drug-likeness (QED) is 0.793. The minimum Gasteiger partial charge on any atom is -0.308 e. The molecule has 0 radical (unpaired) electrons. The molecule has 1 atom stereocenters. The Balaban J connectivity index is 2.12. The van der Waals surface area contributed by atoms with Crippen LogP contribution in [0.5, 0.6) is 0 Å². The van der Waals surface area contributed by atoms with Crippen LogP contribution >= 0.6 is 0 Å². The molecule has 98 valence electrons. The topological polar surface area (TPSA) is 73.5 Å². The molecular weight excluding hydrogens is 230 g/mol. The second kappa shape index (κ2) is 5.72. The van der Waals surface area contributed by atoms with Crippen molar-refractivity contribution in [2.75, 3.05) is 6.54 Å². The van der Waals surface area contributed by atoms with Gasteiger partial charge in [-0.05, 0) is 24.2 Å². The third-order valence-corrected chi connectivity index (χ3v) is 2.79. The Labute approximate surface area is 106 Å². The fourth-order valence-electron chi connectivity index (χ4n) is 1.91. The van der Waals surface area contributed by atoms with Gasteiger partial charge >= 0.3 is 0 Å². The lowest BCUT2D eigenvalue weighted by Crippen LogP contribution is -2.26. The Bertz CT molecular complexity index is 487. The number of rotatable bonds is 6. The maximum Gasteiger partial charge on any atom is 0.176 e. The molecule has 0 saturated carbocycles. The summed E-state index contributed by atoms with van der Waals surface area (Å²) in [6.07, 6.45) is 3.61. The van der Waals surface area contributed by atoms with Crippen LogP contribution in [0.3, 0.4) is 0 Å². The predicted octanol–water partition coefficient (Wildman–Crippen LogP) is 0.227. The first-order chi connectivity index (χ1) is 8.70. The zero-order valence-electron chi connectivity index (χ0n) is 11.0. The number of aryl methyl sites for hydroxylation is 2. The molecule has 2 aromatic heterocycles. The highest BCUT2D eigenvalue weighted by Crippen LogP contribution is 2.15. The van der Waals surface area contributed by atoms with E-state index in [1.165, 1.54) is 4.80 Å². The highest BCUT2D eigenvalue weighted by molar-refractivity contribution is 5.08. The monoisotopic (exact) mass is 249 g/mol. The maximum absolute atomic E-state index is 4.22. The lowest BCUT2D eigenvalue weighted by atomic mass is 10.1. The van der Waals surface area contributed by atoms with Crippen molar-refractivity contribution >= 4 is 0 Å². The van der Waals surface area contributed by atoms with Gasteiger partial charge in [0.1, 0.15) is 0 Å². The molecule has 0 fully saturated rings. The molecule has 0 aromatic carbocycles. The molecule has 0 spiro atoms. The Morgan fingerprint density at radius 3 is 2.78 bits per heavy atom. The molecule has 0 saturated heterocycles. The van der Waals surface area contributed by atoms with Gasteiger partial charge in [-0.25, -0.2) is 0 Å². The third-order valence-electron chi connectivity index (χ3n) is 2.79. The number of hydrogen-bond acceptors (Lipinski definition) is 5. The second-order valence-electron chi connectivity index (χ2n) is 4.29. The second-order valence-corrected chi connectivity index (χ2v) is 4.29. The molecule has 1 N–H and O–H groups in total. The molecule has 1 unspecified atom stereocenters. The average Bonchev–Trinajstić information content (AvgIpc) is 2.93. The van der Waals surface area contributed by atoms with Crippen molar-refractivity contribution in [3.63, 3.8) is 0 Å². The van der Waals surface area contributed by atoms with E-state index >= 15 is 0 Å². The number of hydrogen-bond donors (Lipinski definition) is 1. The van der Waals surface area contributed by atoms with Gasteiger partial charge < -0.3 is 5.32 Å². The first kappa shape index (κ1) is 12.7. The molecular formula is C11H19N7. The minimum absolute atomic E-state index is 0.168. The summed E-state index contributed by atoms with van der Waals surface area (Å²) in [6, 6.07) is 2.19. The standard InChI is InChI=1S/C11H19N7/c1-4-6-12-9(10-5-7-13-17(10)2)8-11-14-16-18(3)15-11/h5,7,9,12H,4,6,8H2,1-3H3. The fourth-order valence-corrected chi connectivity index (χ4v) is 1.91. The molecule has 0 aliphatic carbocycles. The fraction of sp³-hybridized carbons (Fsp3) is 0.636. The molecule has 2 aromatic rings.